The Morgan fingerprint density at radius 1 is 1.64 bits per heavy atom. The van der Waals surface area contributed by atoms with Gasteiger partial charge >= 0.3 is 0 Å². The van der Waals surface area contributed by atoms with Gasteiger partial charge in [0.2, 0.25) is 0 Å². The second kappa shape index (κ2) is 3.00. The molecule has 4 heteroatoms. The highest BCUT2D eigenvalue weighted by atomic mass is 32.4. The Labute approximate surface area is 72.8 Å². The summed E-state index contributed by atoms with van der Waals surface area (Å²) in [5.41, 5.74) is 6.56. The molecule has 0 fully saturated rings. The van der Waals surface area contributed by atoms with E-state index in [0.29, 0.717) is 0 Å². The molecular formula is C7H13N2PS. The molecule has 0 aliphatic carbocycles. The van der Waals surface area contributed by atoms with Crippen LogP contribution in [0.3, 0.4) is 0 Å². The first-order valence-corrected chi connectivity index (χ1v) is 7.10. The Morgan fingerprint density at radius 2 is 2.27 bits per heavy atom. The SMILES string of the molecule is CP(C)(=S)N1C=CC=C(N)C1. The third-order valence-electron chi connectivity index (χ3n) is 1.53. The van der Waals surface area contributed by atoms with Gasteiger partial charge in [0.25, 0.3) is 0 Å². The van der Waals surface area contributed by atoms with Crippen LogP contribution < -0.4 is 5.73 Å². The summed E-state index contributed by atoms with van der Waals surface area (Å²) in [6.07, 6.45) is 4.57. The molecule has 0 saturated carbocycles. The second-order valence-corrected chi connectivity index (χ2v) is 8.76. The van der Waals surface area contributed by atoms with Gasteiger partial charge in [-0.15, -0.1) is 0 Å². The Kier molecular flexibility index (Phi) is 2.40. The van der Waals surface area contributed by atoms with E-state index in [0.717, 1.165) is 12.2 Å². The van der Waals surface area contributed by atoms with E-state index in [1.807, 2.05) is 18.4 Å². The van der Waals surface area contributed by atoms with Gasteiger partial charge in [-0.05, 0) is 25.5 Å². The summed E-state index contributed by atoms with van der Waals surface area (Å²) in [6, 6.07) is 0. The Balaban J connectivity index is 2.75. The van der Waals surface area contributed by atoms with E-state index in [4.69, 9.17) is 17.5 Å². The van der Waals surface area contributed by atoms with Crippen molar-refractivity contribution in [3.63, 3.8) is 0 Å². The van der Waals surface area contributed by atoms with E-state index < -0.39 is 6.19 Å². The molecule has 0 amide bonds. The smallest absolute Gasteiger partial charge is 0.0613 e. The lowest BCUT2D eigenvalue weighted by atomic mass is 10.3. The molecule has 1 aliphatic heterocycles. The van der Waals surface area contributed by atoms with E-state index in [-0.39, 0.29) is 0 Å². The van der Waals surface area contributed by atoms with Gasteiger partial charge in [0.05, 0.1) is 6.54 Å². The van der Waals surface area contributed by atoms with Crippen LogP contribution in [-0.2, 0) is 11.8 Å². The van der Waals surface area contributed by atoms with Gasteiger partial charge in [-0.1, -0.05) is 11.8 Å². The summed E-state index contributed by atoms with van der Waals surface area (Å²) in [6.45, 7) is 5.00. The first kappa shape index (κ1) is 8.82. The first-order valence-electron chi connectivity index (χ1n) is 3.45. The number of rotatable bonds is 1. The largest absolute Gasteiger partial charge is 0.401 e. The maximum Gasteiger partial charge on any atom is 0.0613 e. The van der Waals surface area contributed by atoms with E-state index in [1.54, 1.807) is 0 Å². The standard InChI is InChI=1S/C7H13N2PS/c1-10(2,11)9-5-3-4-7(8)6-9/h3-5H,6,8H2,1-2H3. The number of allylic oxidation sites excluding steroid dienone is 2. The van der Waals surface area contributed by atoms with Gasteiger partial charge in [0, 0.05) is 18.1 Å². The van der Waals surface area contributed by atoms with Crippen LogP contribution in [0.4, 0.5) is 0 Å². The monoisotopic (exact) mass is 188 g/mol. The van der Waals surface area contributed by atoms with Crippen molar-refractivity contribution in [2.75, 3.05) is 19.9 Å². The number of nitrogens with two attached hydrogens (primary N) is 1. The van der Waals surface area contributed by atoms with E-state index >= 15 is 0 Å². The maximum absolute atomic E-state index is 5.66. The van der Waals surface area contributed by atoms with Crippen molar-refractivity contribution in [2.45, 2.75) is 0 Å². The average molecular weight is 188 g/mol. The van der Waals surface area contributed by atoms with Crippen LogP contribution in [0.1, 0.15) is 0 Å². The molecule has 0 saturated heterocycles. The molecular weight excluding hydrogens is 175 g/mol. The fraction of sp³-hybridized carbons (Fsp3) is 0.429. The summed E-state index contributed by atoms with van der Waals surface area (Å²) >= 11 is 5.36. The predicted octanol–water partition coefficient (Wildman–Crippen LogP) is 1.31. The quantitative estimate of drug-likeness (QED) is 0.629. The summed E-state index contributed by atoms with van der Waals surface area (Å²) in [5, 5.41) is 0. The van der Waals surface area contributed by atoms with E-state index in [1.165, 1.54) is 0 Å². The third-order valence-corrected chi connectivity index (χ3v) is 3.67. The lowest BCUT2D eigenvalue weighted by Gasteiger charge is -2.29. The van der Waals surface area contributed by atoms with Gasteiger partial charge in [-0.25, -0.2) is 0 Å². The van der Waals surface area contributed by atoms with Crippen molar-refractivity contribution < 1.29 is 0 Å². The van der Waals surface area contributed by atoms with Crippen molar-refractivity contribution in [2.24, 2.45) is 5.73 Å². The van der Waals surface area contributed by atoms with Gasteiger partial charge in [-0.2, -0.15) is 0 Å². The number of hydrogen-bond donors (Lipinski definition) is 1. The summed E-state index contributed by atoms with van der Waals surface area (Å²) in [5.74, 6) is 0. The highest BCUT2D eigenvalue weighted by molar-refractivity contribution is 8.12. The van der Waals surface area contributed by atoms with Crippen molar-refractivity contribution >= 4 is 18.0 Å². The molecule has 11 heavy (non-hydrogen) atoms. The molecule has 1 heterocycles. The van der Waals surface area contributed by atoms with Crippen molar-refractivity contribution in [3.8, 4) is 0 Å². The minimum absolute atomic E-state index is 0.792. The Morgan fingerprint density at radius 3 is 2.64 bits per heavy atom. The molecule has 2 N–H and O–H groups in total. The van der Waals surface area contributed by atoms with Crippen LogP contribution in [0.2, 0.25) is 0 Å². The third kappa shape index (κ3) is 2.35. The Bertz CT molecular complexity index is 251. The number of nitrogens with zero attached hydrogens (tertiary/aromatic N) is 1. The highest BCUT2D eigenvalue weighted by Gasteiger charge is 2.13. The molecule has 2 nitrogen and oxygen atoms in total. The lowest BCUT2D eigenvalue weighted by Crippen LogP contribution is -2.21. The molecule has 1 rings (SSSR count). The minimum atomic E-state index is -1.32. The summed E-state index contributed by atoms with van der Waals surface area (Å²) in [7, 11) is 0. The van der Waals surface area contributed by atoms with Gasteiger partial charge in [0.15, 0.2) is 0 Å². The van der Waals surface area contributed by atoms with Gasteiger partial charge in [0.1, 0.15) is 0 Å². The molecule has 0 aromatic heterocycles. The molecule has 1 aliphatic rings. The topological polar surface area (TPSA) is 29.3 Å². The second-order valence-electron chi connectivity index (χ2n) is 2.97. The van der Waals surface area contributed by atoms with E-state index in [2.05, 4.69) is 18.0 Å². The van der Waals surface area contributed by atoms with Crippen LogP contribution >= 0.6 is 6.19 Å². The van der Waals surface area contributed by atoms with Crippen LogP contribution in [-0.4, -0.2) is 24.5 Å². The molecule has 0 aromatic carbocycles. The van der Waals surface area contributed by atoms with Crippen molar-refractivity contribution in [1.82, 2.24) is 4.67 Å². The first-order chi connectivity index (χ1) is 5.00. The molecule has 0 radical (unpaired) electrons. The number of hydrogen-bond acceptors (Lipinski definition) is 2. The van der Waals surface area contributed by atoms with Crippen LogP contribution in [0.5, 0.6) is 0 Å². The van der Waals surface area contributed by atoms with Crippen LogP contribution in [0.25, 0.3) is 0 Å². The zero-order valence-corrected chi connectivity index (χ0v) is 8.53. The summed E-state index contributed by atoms with van der Waals surface area (Å²) in [4.78, 5) is 0. The predicted molar refractivity (Wildman–Crippen MR) is 54.2 cm³/mol. The molecule has 0 atom stereocenters. The maximum atomic E-state index is 5.66. The van der Waals surface area contributed by atoms with Crippen molar-refractivity contribution in [3.05, 3.63) is 24.0 Å². The van der Waals surface area contributed by atoms with Crippen LogP contribution in [0, 0.1) is 0 Å². The van der Waals surface area contributed by atoms with Gasteiger partial charge < -0.3 is 10.4 Å². The Hall–Kier alpha value is -0.270. The highest BCUT2D eigenvalue weighted by Crippen LogP contribution is 2.42. The normalized spacial score (nSPS) is 18.4. The van der Waals surface area contributed by atoms with Gasteiger partial charge in [-0.3, -0.25) is 0 Å². The molecule has 0 aromatic rings. The molecule has 0 unspecified atom stereocenters. The fourth-order valence-electron chi connectivity index (χ4n) is 0.889. The zero-order chi connectivity index (χ0) is 8.48. The zero-order valence-electron chi connectivity index (χ0n) is 6.82. The van der Waals surface area contributed by atoms with Crippen molar-refractivity contribution in [1.29, 1.82) is 0 Å². The van der Waals surface area contributed by atoms with Crippen LogP contribution in [0.15, 0.2) is 24.0 Å². The minimum Gasteiger partial charge on any atom is -0.401 e. The summed E-state index contributed by atoms with van der Waals surface area (Å²) < 4.78 is 2.15. The lowest BCUT2D eigenvalue weighted by molar-refractivity contribution is 0.643. The molecule has 0 bridgehead atoms. The molecule has 0 spiro atoms. The van der Waals surface area contributed by atoms with E-state index in [9.17, 15) is 0 Å². The average Bonchev–Trinajstić information content (AvgIpc) is 1.86. The fourth-order valence-corrected chi connectivity index (χ4v) is 2.13. The molecule has 62 valence electrons.